The van der Waals surface area contributed by atoms with E-state index in [9.17, 15) is 0 Å². The van der Waals surface area contributed by atoms with Gasteiger partial charge in [0.15, 0.2) is 11.5 Å². The first-order valence-electron chi connectivity index (χ1n) is 7.97. The van der Waals surface area contributed by atoms with E-state index in [2.05, 4.69) is 18.3 Å². The van der Waals surface area contributed by atoms with Gasteiger partial charge in [0, 0.05) is 18.2 Å². The van der Waals surface area contributed by atoms with Crippen molar-refractivity contribution in [1.82, 2.24) is 5.32 Å². The van der Waals surface area contributed by atoms with Crippen LogP contribution >= 0.6 is 0 Å². The molecule has 20 heavy (non-hydrogen) atoms. The smallest absolute Gasteiger partial charge is 0.231 e. The summed E-state index contributed by atoms with van der Waals surface area (Å²) in [5.74, 6) is 2.76. The van der Waals surface area contributed by atoms with Crippen molar-refractivity contribution in [1.29, 1.82) is 0 Å². The van der Waals surface area contributed by atoms with Crippen LogP contribution in [0, 0.1) is 5.92 Å². The van der Waals surface area contributed by atoms with E-state index in [0.717, 1.165) is 24.0 Å². The number of hydrogen-bond donors (Lipinski definition) is 1. The van der Waals surface area contributed by atoms with Gasteiger partial charge in [0.1, 0.15) is 0 Å². The first kappa shape index (κ1) is 13.7. The van der Waals surface area contributed by atoms with Gasteiger partial charge in [-0.3, -0.25) is 0 Å². The fraction of sp³-hybridized carbons (Fsp3) is 0.647. The van der Waals surface area contributed by atoms with E-state index < -0.39 is 0 Å². The van der Waals surface area contributed by atoms with Gasteiger partial charge in [-0.15, -0.1) is 0 Å². The summed E-state index contributed by atoms with van der Waals surface area (Å²) in [5.41, 5.74) is 1.22. The van der Waals surface area contributed by atoms with Gasteiger partial charge in [0.05, 0.1) is 0 Å². The van der Waals surface area contributed by atoms with Gasteiger partial charge in [-0.25, -0.2) is 0 Å². The van der Waals surface area contributed by atoms with Gasteiger partial charge in [-0.2, -0.15) is 0 Å². The van der Waals surface area contributed by atoms with Crippen molar-refractivity contribution in [3.8, 4) is 11.5 Å². The predicted octanol–water partition coefficient (Wildman–Crippen LogP) is 3.86. The Labute approximate surface area is 121 Å². The molecular formula is C17H25NO2. The van der Waals surface area contributed by atoms with Crippen molar-refractivity contribution >= 4 is 0 Å². The van der Waals surface area contributed by atoms with Crippen LogP contribution in [0.25, 0.3) is 0 Å². The maximum absolute atomic E-state index is 5.57. The highest BCUT2D eigenvalue weighted by Crippen LogP contribution is 2.35. The molecule has 0 aromatic heterocycles. The minimum Gasteiger partial charge on any atom is -0.454 e. The molecule has 2 aliphatic rings. The summed E-state index contributed by atoms with van der Waals surface area (Å²) in [6, 6.07) is 6.81. The fourth-order valence-corrected chi connectivity index (χ4v) is 3.37. The summed E-state index contributed by atoms with van der Waals surface area (Å²) < 4.78 is 11.0. The number of fused-ring (bicyclic) bond motifs is 1. The molecule has 3 heteroatoms. The topological polar surface area (TPSA) is 30.5 Å². The second-order valence-corrected chi connectivity index (χ2v) is 6.01. The van der Waals surface area contributed by atoms with Crippen LogP contribution in [0.2, 0.25) is 0 Å². The third-order valence-corrected chi connectivity index (χ3v) is 4.73. The molecule has 3 rings (SSSR count). The van der Waals surface area contributed by atoms with Crippen molar-refractivity contribution in [3.05, 3.63) is 23.8 Å². The highest BCUT2D eigenvalue weighted by Gasteiger charge is 2.20. The Kier molecular flexibility index (Phi) is 4.46. The maximum atomic E-state index is 5.57. The van der Waals surface area contributed by atoms with E-state index in [1.165, 1.54) is 44.1 Å². The predicted molar refractivity (Wildman–Crippen MR) is 80.1 cm³/mol. The van der Waals surface area contributed by atoms with Gasteiger partial charge in [-0.05, 0) is 31.2 Å². The van der Waals surface area contributed by atoms with Crippen LogP contribution in [0.1, 0.15) is 51.0 Å². The molecule has 0 radical (unpaired) electrons. The minimum atomic E-state index is 0.355. The number of nitrogens with one attached hydrogen (secondary N) is 1. The summed E-state index contributed by atoms with van der Waals surface area (Å²) >= 11 is 0. The van der Waals surface area contributed by atoms with Crippen LogP contribution in [0.5, 0.6) is 11.5 Å². The van der Waals surface area contributed by atoms with Crippen molar-refractivity contribution in [2.24, 2.45) is 5.92 Å². The number of benzene rings is 1. The Balaban J connectivity index is 1.56. The molecule has 1 aromatic carbocycles. The van der Waals surface area contributed by atoms with Crippen molar-refractivity contribution in [2.75, 3.05) is 6.79 Å². The van der Waals surface area contributed by atoms with Gasteiger partial charge in [0.25, 0.3) is 0 Å². The SMILES string of the molecule is CCC1CCCC(NCc2cccc3c2OCO3)CC1. The Bertz CT molecular complexity index is 447. The highest BCUT2D eigenvalue weighted by molar-refractivity contribution is 5.48. The summed E-state index contributed by atoms with van der Waals surface area (Å²) in [7, 11) is 0. The van der Waals surface area contributed by atoms with Crippen LogP contribution in [-0.2, 0) is 6.54 Å². The first-order chi connectivity index (χ1) is 9.86. The second kappa shape index (κ2) is 6.49. The van der Waals surface area contributed by atoms with Crippen LogP contribution in [0.4, 0.5) is 0 Å². The molecule has 1 fully saturated rings. The number of hydrogen-bond acceptors (Lipinski definition) is 3. The molecule has 1 heterocycles. The fourth-order valence-electron chi connectivity index (χ4n) is 3.37. The molecule has 0 spiro atoms. The quantitative estimate of drug-likeness (QED) is 0.846. The summed E-state index contributed by atoms with van der Waals surface area (Å²) in [6.07, 6.45) is 8.10. The largest absolute Gasteiger partial charge is 0.454 e. The molecule has 1 aliphatic carbocycles. The lowest BCUT2D eigenvalue weighted by Gasteiger charge is -2.17. The molecule has 2 unspecified atom stereocenters. The van der Waals surface area contributed by atoms with Crippen molar-refractivity contribution in [3.63, 3.8) is 0 Å². The van der Waals surface area contributed by atoms with E-state index in [-0.39, 0.29) is 0 Å². The zero-order chi connectivity index (χ0) is 13.8. The van der Waals surface area contributed by atoms with Gasteiger partial charge < -0.3 is 14.8 Å². The lowest BCUT2D eigenvalue weighted by atomic mass is 9.98. The minimum absolute atomic E-state index is 0.355. The lowest BCUT2D eigenvalue weighted by molar-refractivity contribution is 0.173. The van der Waals surface area contributed by atoms with Crippen LogP contribution < -0.4 is 14.8 Å². The Morgan fingerprint density at radius 3 is 3.00 bits per heavy atom. The number of para-hydroxylation sites is 1. The average molecular weight is 275 g/mol. The molecule has 2 atom stereocenters. The zero-order valence-electron chi connectivity index (χ0n) is 12.4. The summed E-state index contributed by atoms with van der Waals surface area (Å²) in [6.45, 7) is 3.56. The monoisotopic (exact) mass is 275 g/mol. The molecule has 0 saturated heterocycles. The van der Waals surface area contributed by atoms with Crippen molar-refractivity contribution < 1.29 is 9.47 Å². The molecule has 1 aromatic rings. The molecule has 1 saturated carbocycles. The number of rotatable bonds is 4. The Morgan fingerprint density at radius 2 is 2.10 bits per heavy atom. The normalized spacial score (nSPS) is 25.4. The lowest BCUT2D eigenvalue weighted by Crippen LogP contribution is -2.28. The second-order valence-electron chi connectivity index (χ2n) is 6.01. The zero-order valence-corrected chi connectivity index (χ0v) is 12.4. The molecule has 110 valence electrons. The molecule has 0 bridgehead atoms. The van der Waals surface area contributed by atoms with Gasteiger partial charge in [-0.1, -0.05) is 38.3 Å². The molecule has 1 aliphatic heterocycles. The summed E-state index contributed by atoms with van der Waals surface area (Å²) in [5, 5.41) is 3.72. The van der Waals surface area contributed by atoms with Crippen LogP contribution in [-0.4, -0.2) is 12.8 Å². The van der Waals surface area contributed by atoms with Crippen molar-refractivity contribution in [2.45, 2.75) is 58.0 Å². The van der Waals surface area contributed by atoms with Gasteiger partial charge in [0.2, 0.25) is 6.79 Å². The average Bonchev–Trinajstić information content (AvgIpc) is 2.84. The van der Waals surface area contributed by atoms with E-state index >= 15 is 0 Å². The van der Waals surface area contributed by atoms with E-state index in [1.54, 1.807) is 0 Å². The maximum Gasteiger partial charge on any atom is 0.231 e. The highest BCUT2D eigenvalue weighted by atomic mass is 16.7. The Hall–Kier alpha value is -1.22. The Morgan fingerprint density at radius 1 is 1.15 bits per heavy atom. The standard InChI is InChI=1S/C17H25NO2/c1-2-13-5-3-7-15(10-9-13)18-11-14-6-4-8-16-17(14)20-12-19-16/h4,6,8,13,15,18H,2-3,5,7,9-12H2,1H3. The molecule has 1 N–H and O–H groups in total. The third kappa shape index (κ3) is 3.09. The molecular weight excluding hydrogens is 250 g/mol. The number of ether oxygens (including phenoxy) is 2. The van der Waals surface area contributed by atoms with E-state index in [1.807, 2.05) is 12.1 Å². The summed E-state index contributed by atoms with van der Waals surface area (Å²) in [4.78, 5) is 0. The van der Waals surface area contributed by atoms with E-state index in [0.29, 0.717) is 12.8 Å². The first-order valence-corrected chi connectivity index (χ1v) is 7.97. The van der Waals surface area contributed by atoms with Crippen LogP contribution in [0.15, 0.2) is 18.2 Å². The third-order valence-electron chi connectivity index (χ3n) is 4.73. The van der Waals surface area contributed by atoms with Crippen LogP contribution in [0.3, 0.4) is 0 Å². The molecule has 0 amide bonds. The van der Waals surface area contributed by atoms with Gasteiger partial charge >= 0.3 is 0 Å². The molecule has 3 nitrogen and oxygen atoms in total. The van der Waals surface area contributed by atoms with E-state index in [4.69, 9.17) is 9.47 Å².